The summed E-state index contributed by atoms with van der Waals surface area (Å²) in [6.07, 6.45) is 3.41. The molecule has 20 heavy (non-hydrogen) atoms. The highest BCUT2D eigenvalue weighted by molar-refractivity contribution is 7.90. The molecule has 0 bridgehead atoms. The standard InChI is InChI=1S/C12H19ClN4O2S/c1-14-8-10-4-3-7-17(9-10)20(18,19)16-12-11(13)5-2-6-15-12/h2,5-6,10,14H,3-4,7-9H2,1H3,(H,15,16). The molecule has 2 rings (SSSR count). The Hall–Kier alpha value is -0.890. The summed E-state index contributed by atoms with van der Waals surface area (Å²) in [4.78, 5) is 3.95. The van der Waals surface area contributed by atoms with Gasteiger partial charge in [-0.05, 0) is 44.5 Å². The van der Waals surface area contributed by atoms with Crippen molar-refractivity contribution in [1.29, 1.82) is 0 Å². The first-order chi connectivity index (χ1) is 9.53. The Labute approximate surface area is 124 Å². The van der Waals surface area contributed by atoms with Gasteiger partial charge in [-0.25, -0.2) is 4.98 Å². The summed E-state index contributed by atoms with van der Waals surface area (Å²) in [5, 5.41) is 3.38. The monoisotopic (exact) mass is 318 g/mol. The Balaban J connectivity index is 2.08. The number of hydrogen-bond acceptors (Lipinski definition) is 4. The van der Waals surface area contributed by atoms with Gasteiger partial charge in [-0.1, -0.05) is 11.6 Å². The maximum Gasteiger partial charge on any atom is 0.302 e. The molecule has 1 aliphatic heterocycles. The van der Waals surface area contributed by atoms with Crippen molar-refractivity contribution in [1.82, 2.24) is 14.6 Å². The Kier molecular flexibility index (Phi) is 5.20. The molecule has 1 aliphatic rings. The molecule has 112 valence electrons. The van der Waals surface area contributed by atoms with Gasteiger partial charge in [-0.2, -0.15) is 12.7 Å². The van der Waals surface area contributed by atoms with Crippen LogP contribution in [0.15, 0.2) is 18.3 Å². The second-order valence-corrected chi connectivity index (χ2v) is 6.94. The average molecular weight is 319 g/mol. The number of nitrogens with one attached hydrogen (secondary N) is 2. The second-order valence-electron chi connectivity index (χ2n) is 4.86. The predicted octanol–water partition coefficient (Wildman–Crippen LogP) is 1.32. The molecular weight excluding hydrogens is 300 g/mol. The number of halogens is 1. The summed E-state index contributed by atoms with van der Waals surface area (Å²) in [7, 11) is -1.73. The van der Waals surface area contributed by atoms with Gasteiger partial charge in [0.05, 0.1) is 5.02 Å². The molecule has 0 spiro atoms. The van der Waals surface area contributed by atoms with Crippen LogP contribution in [0.4, 0.5) is 5.82 Å². The fraction of sp³-hybridized carbons (Fsp3) is 0.583. The van der Waals surface area contributed by atoms with Gasteiger partial charge in [0.2, 0.25) is 0 Å². The fourth-order valence-corrected chi connectivity index (χ4v) is 3.89. The maximum absolute atomic E-state index is 12.4. The van der Waals surface area contributed by atoms with Crippen molar-refractivity contribution in [2.45, 2.75) is 12.8 Å². The van der Waals surface area contributed by atoms with Crippen molar-refractivity contribution in [3.05, 3.63) is 23.4 Å². The van der Waals surface area contributed by atoms with Crippen LogP contribution in [-0.2, 0) is 10.2 Å². The number of nitrogens with zero attached hydrogens (tertiary/aromatic N) is 2. The minimum atomic E-state index is -3.60. The quantitative estimate of drug-likeness (QED) is 0.859. The van der Waals surface area contributed by atoms with E-state index >= 15 is 0 Å². The average Bonchev–Trinajstić information content (AvgIpc) is 2.42. The molecule has 0 saturated carbocycles. The van der Waals surface area contributed by atoms with Crippen molar-refractivity contribution in [3.8, 4) is 0 Å². The molecule has 1 unspecified atom stereocenters. The Morgan fingerprint density at radius 3 is 3.05 bits per heavy atom. The second kappa shape index (κ2) is 6.71. The third kappa shape index (κ3) is 3.82. The molecule has 1 saturated heterocycles. The molecule has 0 amide bonds. The van der Waals surface area contributed by atoms with Gasteiger partial charge >= 0.3 is 10.2 Å². The van der Waals surface area contributed by atoms with Crippen LogP contribution in [0, 0.1) is 5.92 Å². The van der Waals surface area contributed by atoms with Crippen molar-refractivity contribution in [2.24, 2.45) is 5.92 Å². The van der Waals surface area contributed by atoms with Crippen molar-refractivity contribution >= 4 is 27.6 Å². The fourth-order valence-electron chi connectivity index (χ4n) is 2.35. The summed E-state index contributed by atoms with van der Waals surface area (Å²) < 4.78 is 28.6. The maximum atomic E-state index is 12.4. The third-order valence-corrected chi connectivity index (χ3v) is 5.07. The highest BCUT2D eigenvalue weighted by Gasteiger charge is 2.29. The van der Waals surface area contributed by atoms with E-state index in [2.05, 4.69) is 15.0 Å². The molecule has 0 radical (unpaired) electrons. The smallest absolute Gasteiger partial charge is 0.302 e. The first-order valence-electron chi connectivity index (χ1n) is 6.56. The normalized spacial score (nSPS) is 20.8. The molecule has 1 atom stereocenters. The number of piperidine rings is 1. The van der Waals surface area contributed by atoms with Crippen LogP contribution >= 0.6 is 11.6 Å². The zero-order chi connectivity index (χ0) is 14.6. The number of rotatable bonds is 5. The zero-order valence-corrected chi connectivity index (χ0v) is 12.9. The SMILES string of the molecule is CNCC1CCCN(S(=O)(=O)Nc2ncccc2Cl)C1. The summed E-state index contributed by atoms with van der Waals surface area (Å²) in [5.41, 5.74) is 0. The van der Waals surface area contributed by atoms with Gasteiger partial charge in [-0.3, -0.25) is 4.72 Å². The molecule has 2 heterocycles. The van der Waals surface area contributed by atoms with Gasteiger partial charge in [0.25, 0.3) is 0 Å². The lowest BCUT2D eigenvalue weighted by atomic mass is 10.00. The molecule has 2 N–H and O–H groups in total. The molecule has 6 nitrogen and oxygen atoms in total. The first kappa shape index (κ1) is 15.5. The number of aromatic nitrogens is 1. The molecule has 1 aromatic heterocycles. The molecule has 0 aliphatic carbocycles. The highest BCUT2D eigenvalue weighted by atomic mass is 35.5. The highest BCUT2D eigenvalue weighted by Crippen LogP contribution is 2.23. The molecule has 1 aromatic rings. The largest absolute Gasteiger partial charge is 0.319 e. The van der Waals surface area contributed by atoms with E-state index in [0.29, 0.717) is 24.0 Å². The third-order valence-electron chi connectivity index (χ3n) is 3.30. The van der Waals surface area contributed by atoms with Crippen LogP contribution in [-0.4, -0.2) is 44.4 Å². The van der Waals surface area contributed by atoms with Crippen LogP contribution in [0.5, 0.6) is 0 Å². The van der Waals surface area contributed by atoms with E-state index in [1.165, 1.54) is 10.5 Å². The van der Waals surface area contributed by atoms with Gasteiger partial charge in [0.15, 0.2) is 5.82 Å². The van der Waals surface area contributed by atoms with Gasteiger partial charge in [-0.15, -0.1) is 0 Å². The summed E-state index contributed by atoms with van der Waals surface area (Å²) in [6, 6.07) is 3.26. The van der Waals surface area contributed by atoms with Crippen LogP contribution in [0.25, 0.3) is 0 Å². The molecule has 0 aromatic carbocycles. The minimum Gasteiger partial charge on any atom is -0.319 e. The lowest BCUT2D eigenvalue weighted by molar-refractivity contribution is 0.264. The van der Waals surface area contributed by atoms with Crippen molar-refractivity contribution in [3.63, 3.8) is 0 Å². The van der Waals surface area contributed by atoms with Gasteiger partial charge in [0, 0.05) is 19.3 Å². The summed E-state index contributed by atoms with van der Waals surface area (Å²) in [5.74, 6) is 0.509. The van der Waals surface area contributed by atoms with E-state index in [-0.39, 0.29) is 5.82 Å². The lowest BCUT2D eigenvalue weighted by Crippen LogP contribution is -2.44. The Bertz CT molecular complexity index is 550. The number of hydrogen-bond donors (Lipinski definition) is 2. The summed E-state index contributed by atoms with van der Waals surface area (Å²) in [6.45, 7) is 1.86. The number of pyridine rings is 1. The van der Waals surface area contributed by atoms with E-state index in [9.17, 15) is 8.42 Å². The van der Waals surface area contributed by atoms with Crippen molar-refractivity contribution < 1.29 is 8.42 Å². The predicted molar refractivity (Wildman–Crippen MR) is 80.0 cm³/mol. The first-order valence-corrected chi connectivity index (χ1v) is 8.37. The molecule has 1 fully saturated rings. The van der Waals surface area contributed by atoms with Gasteiger partial charge < -0.3 is 5.32 Å². The van der Waals surface area contributed by atoms with Crippen molar-refractivity contribution in [2.75, 3.05) is 31.4 Å². The lowest BCUT2D eigenvalue weighted by Gasteiger charge is -2.31. The molecular formula is C12H19ClN4O2S. The van der Waals surface area contributed by atoms with E-state index < -0.39 is 10.2 Å². The Morgan fingerprint density at radius 2 is 2.35 bits per heavy atom. The van der Waals surface area contributed by atoms with Crippen LogP contribution in [0.3, 0.4) is 0 Å². The number of anilines is 1. The Morgan fingerprint density at radius 1 is 1.55 bits per heavy atom. The van der Waals surface area contributed by atoms with E-state index in [4.69, 9.17) is 11.6 Å². The van der Waals surface area contributed by atoms with Crippen LogP contribution < -0.4 is 10.0 Å². The zero-order valence-electron chi connectivity index (χ0n) is 11.3. The topological polar surface area (TPSA) is 74.3 Å². The van der Waals surface area contributed by atoms with E-state index in [1.54, 1.807) is 12.1 Å². The van der Waals surface area contributed by atoms with Gasteiger partial charge in [0.1, 0.15) is 0 Å². The van der Waals surface area contributed by atoms with E-state index in [0.717, 1.165) is 19.4 Å². The van der Waals surface area contributed by atoms with Crippen LogP contribution in [0.2, 0.25) is 5.02 Å². The minimum absolute atomic E-state index is 0.171. The van der Waals surface area contributed by atoms with Crippen LogP contribution in [0.1, 0.15) is 12.8 Å². The molecule has 8 heteroatoms. The summed E-state index contributed by atoms with van der Waals surface area (Å²) >= 11 is 5.93. The van der Waals surface area contributed by atoms with E-state index in [1.807, 2.05) is 7.05 Å².